The maximum atomic E-state index is 11.6. The fraction of sp³-hybridized carbons (Fsp3) is 0.118. The number of rotatable bonds is 7. The molecule has 1 aromatic heterocycles. The molecule has 0 saturated carbocycles. The molecular weight excluding hydrogens is 342 g/mol. The molecule has 1 atom stereocenters. The second-order valence-corrected chi connectivity index (χ2v) is 6.28. The van der Waals surface area contributed by atoms with E-state index in [1.54, 1.807) is 24.4 Å². The van der Waals surface area contributed by atoms with Crippen LogP contribution < -0.4 is 4.72 Å². The van der Waals surface area contributed by atoms with Gasteiger partial charge in [-0.25, -0.2) is 4.72 Å². The average molecular weight is 357 g/mol. The van der Waals surface area contributed by atoms with Gasteiger partial charge in [0.15, 0.2) is 0 Å². The van der Waals surface area contributed by atoms with Crippen molar-refractivity contribution in [1.82, 2.24) is 9.71 Å². The van der Waals surface area contributed by atoms with Gasteiger partial charge in [0.25, 0.3) is 5.69 Å². The molecule has 0 aliphatic heterocycles. The third-order valence-corrected chi connectivity index (χ3v) is 4.74. The van der Waals surface area contributed by atoms with E-state index in [0.717, 1.165) is 28.4 Å². The number of carboxylic acid groups (broad SMARTS) is 1. The molecule has 128 valence electrons. The van der Waals surface area contributed by atoms with Crippen LogP contribution in [0.3, 0.4) is 0 Å². The number of carboxylic acids is 1. The van der Waals surface area contributed by atoms with Crippen LogP contribution >= 0.6 is 11.9 Å². The summed E-state index contributed by atoms with van der Waals surface area (Å²) < 4.78 is 2.83. The molecule has 0 saturated heterocycles. The standard InChI is InChI=1S/C17H15N3O4S/c21-17(22)14(9-11-10-18-13-6-2-1-5-12(11)13)19-25-16-8-4-3-7-15(16)20(23)24/h1-8,10,14,18-19H,9H2,(H,21,22)/t14-/m0/s1. The van der Waals surface area contributed by atoms with E-state index in [1.807, 2.05) is 24.3 Å². The van der Waals surface area contributed by atoms with Crippen molar-refractivity contribution in [2.75, 3.05) is 0 Å². The van der Waals surface area contributed by atoms with Gasteiger partial charge in [0.05, 0.1) is 4.92 Å². The lowest BCUT2D eigenvalue weighted by molar-refractivity contribution is -0.387. The topological polar surface area (TPSA) is 108 Å². The number of para-hydroxylation sites is 2. The summed E-state index contributed by atoms with van der Waals surface area (Å²) >= 11 is 0.956. The van der Waals surface area contributed by atoms with Gasteiger partial charge < -0.3 is 10.1 Å². The van der Waals surface area contributed by atoms with E-state index in [2.05, 4.69) is 9.71 Å². The molecule has 3 aromatic rings. The number of hydrogen-bond donors (Lipinski definition) is 3. The van der Waals surface area contributed by atoms with Gasteiger partial charge in [-0.2, -0.15) is 0 Å². The first-order valence-corrected chi connectivity index (χ1v) is 8.31. The number of aliphatic carboxylic acids is 1. The van der Waals surface area contributed by atoms with Crippen LogP contribution in [0.1, 0.15) is 5.56 Å². The van der Waals surface area contributed by atoms with E-state index in [4.69, 9.17) is 0 Å². The predicted molar refractivity (Wildman–Crippen MR) is 95.5 cm³/mol. The van der Waals surface area contributed by atoms with E-state index in [0.29, 0.717) is 4.90 Å². The lowest BCUT2D eigenvalue weighted by Crippen LogP contribution is -2.34. The van der Waals surface area contributed by atoms with Gasteiger partial charge >= 0.3 is 5.97 Å². The second kappa shape index (κ2) is 7.37. The smallest absolute Gasteiger partial charge is 0.321 e. The zero-order valence-corrected chi connectivity index (χ0v) is 13.8. The van der Waals surface area contributed by atoms with Crippen LogP contribution in [0.5, 0.6) is 0 Å². The molecule has 0 amide bonds. The Labute approximate surface area is 147 Å². The minimum absolute atomic E-state index is 0.0590. The molecular formula is C17H15N3O4S. The van der Waals surface area contributed by atoms with Crippen LogP contribution in [0.25, 0.3) is 10.9 Å². The average Bonchev–Trinajstić information content (AvgIpc) is 3.01. The fourth-order valence-electron chi connectivity index (χ4n) is 2.53. The van der Waals surface area contributed by atoms with Crippen molar-refractivity contribution in [2.24, 2.45) is 0 Å². The summed E-state index contributed by atoms with van der Waals surface area (Å²) in [6.07, 6.45) is 2.05. The molecule has 3 rings (SSSR count). The number of nitro groups is 1. The number of aromatic amines is 1. The lowest BCUT2D eigenvalue weighted by Gasteiger charge is -2.13. The van der Waals surface area contributed by atoms with Gasteiger partial charge in [-0.1, -0.05) is 30.3 Å². The molecule has 8 heteroatoms. The molecule has 0 fully saturated rings. The minimum Gasteiger partial charge on any atom is -0.480 e. The van der Waals surface area contributed by atoms with Gasteiger partial charge in [0, 0.05) is 29.6 Å². The molecule has 0 aliphatic rings. The Bertz CT molecular complexity index is 925. The van der Waals surface area contributed by atoms with Gasteiger partial charge in [-0.05, 0) is 29.6 Å². The number of H-pyrrole nitrogens is 1. The third-order valence-electron chi connectivity index (χ3n) is 3.77. The normalized spacial score (nSPS) is 12.2. The summed E-state index contributed by atoms with van der Waals surface area (Å²) in [5.41, 5.74) is 1.75. The number of nitrogens with one attached hydrogen (secondary N) is 2. The summed E-state index contributed by atoms with van der Waals surface area (Å²) in [6.45, 7) is 0. The number of benzene rings is 2. The van der Waals surface area contributed by atoms with E-state index in [1.165, 1.54) is 6.07 Å². The lowest BCUT2D eigenvalue weighted by atomic mass is 10.1. The fourth-order valence-corrected chi connectivity index (χ4v) is 3.38. The Morgan fingerprint density at radius 3 is 2.72 bits per heavy atom. The van der Waals surface area contributed by atoms with E-state index >= 15 is 0 Å². The second-order valence-electron chi connectivity index (χ2n) is 5.40. The summed E-state index contributed by atoms with van der Waals surface area (Å²) in [4.78, 5) is 25.6. The minimum atomic E-state index is -1.02. The summed E-state index contributed by atoms with van der Waals surface area (Å²) in [7, 11) is 0. The first-order chi connectivity index (χ1) is 12.1. The number of nitro benzene ring substituents is 1. The number of hydrogen-bond acceptors (Lipinski definition) is 5. The SMILES string of the molecule is O=C(O)[C@H](Cc1c[nH]c2ccccc12)NSc1ccccc1[N+](=O)[O-]. The molecule has 7 nitrogen and oxygen atoms in total. The molecule has 25 heavy (non-hydrogen) atoms. The highest BCUT2D eigenvalue weighted by Crippen LogP contribution is 2.27. The van der Waals surface area contributed by atoms with Crippen molar-refractivity contribution >= 4 is 34.5 Å². The number of fused-ring (bicyclic) bond motifs is 1. The molecule has 0 bridgehead atoms. The Kier molecular flexibility index (Phi) is 5.01. The number of aromatic nitrogens is 1. The van der Waals surface area contributed by atoms with Gasteiger partial charge in [-0.3, -0.25) is 14.9 Å². The molecule has 2 aromatic carbocycles. The van der Waals surface area contributed by atoms with Crippen LogP contribution in [0.2, 0.25) is 0 Å². The zero-order chi connectivity index (χ0) is 17.8. The van der Waals surface area contributed by atoms with Crippen molar-refractivity contribution < 1.29 is 14.8 Å². The Morgan fingerprint density at radius 1 is 1.24 bits per heavy atom. The van der Waals surface area contributed by atoms with Crippen LogP contribution in [-0.4, -0.2) is 27.0 Å². The third kappa shape index (κ3) is 3.81. The van der Waals surface area contributed by atoms with E-state index in [9.17, 15) is 20.0 Å². The number of nitrogens with zero attached hydrogens (tertiary/aromatic N) is 1. The highest BCUT2D eigenvalue weighted by molar-refractivity contribution is 7.97. The Balaban J connectivity index is 1.77. The summed E-state index contributed by atoms with van der Waals surface area (Å²) in [5, 5.41) is 21.5. The largest absolute Gasteiger partial charge is 0.480 e. The van der Waals surface area contributed by atoms with Crippen molar-refractivity contribution in [3.63, 3.8) is 0 Å². The van der Waals surface area contributed by atoms with Crippen molar-refractivity contribution in [2.45, 2.75) is 17.4 Å². The quantitative estimate of drug-likeness (QED) is 0.340. The Hall–Kier alpha value is -2.84. The highest BCUT2D eigenvalue weighted by atomic mass is 32.2. The zero-order valence-electron chi connectivity index (χ0n) is 13.0. The van der Waals surface area contributed by atoms with E-state index < -0.39 is 16.9 Å². The van der Waals surface area contributed by atoms with Crippen LogP contribution in [0.15, 0.2) is 59.6 Å². The Morgan fingerprint density at radius 2 is 1.96 bits per heavy atom. The summed E-state index contributed by atoms with van der Waals surface area (Å²) in [5.74, 6) is -1.02. The van der Waals surface area contributed by atoms with Crippen LogP contribution in [0.4, 0.5) is 5.69 Å². The summed E-state index contributed by atoms with van der Waals surface area (Å²) in [6, 6.07) is 13.0. The predicted octanol–water partition coefficient (Wildman–Crippen LogP) is 3.37. The van der Waals surface area contributed by atoms with Gasteiger partial charge in [-0.15, -0.1) is 0 Å². The first-order valence-electron chi connectivity index (χ1n) is 7.50. The van der Waals surface area contributed by atoms with Crippen molar-refractivity contribution in [3.05, 3.63) is 70.4 Å². The van der Waals surface area contributed by atoms with Gasteiger partial charge in [0.2, 0.25) is 0 Å². The first kappa shape index (κ1) is 17.0. The molecule has 1 heterocycles. The molecule has 0 radical (unpaired) electrons. The molecule has 0 unspecified atom stereocenters. The maximum absolute atomic E-state index is 11.6. The molecule has 3 N–H and O–H groups in total. The van der Waals surface area contributed by atoms with Crippen molar-refractivity contribution in [3.8, 4) is 0 Å². The van der Waals surface area contributed by atoms with Crippen molar-refractivity contribution in [1.29, 1.82) is 0 Å². The molecule has 0 spiro atoms. The van der Waals surface area contributed by atoms with Crippen LogP contribution in [-0.2, 0) is 11.2 Å². The molecule has 0 aliphatic carbocycles. The maximum Gasteiger partial charge on any atom is 0.321 e. The number of carbonyl (C=O) groups is 1. The highest BCUT2D eigenvalue weighted by Gasteiger charge is 2.21. The monoisotopic (exact) mass is 357 g/mol. The van der Waals surface area contributed by atoms with Gasteiger partial charge in [0.1, 0.15) is 10.9 Å². The van der Waals surface area contributed by atoms with Crippen LogP contribution in [0, 0.1) is 10.1 Å². The van der Waals surface area contributed by atoms with E-state index in [-0.39, 0.29) is 12.1 Å².